The molecule has 0 bridgehead atoms. The van der Waals surface area contributed by atoms with Crippen LogP contribution in [0.1, 0.15) is 29.2 Å². The molecule has 3 rings (SSSR count). The van der Waals surface area contributed by atoms with Gasteiger partial charge in [-0.15, -0.1) is 0 Å². The van der Waals surface area contributed by atoms with Gasteiger partial charge in [0, 0.05) is 5.69 Å². The van der Waals surface area contributed by atoms with Crippen LogP contribution >= 0.6 is 0 Å². The van der Waals surface area contributed by atoms with Crippen molar-refractivity contribution in [1.82, 2.24) is 0 Å². The minimum atomic E-state index is -3.92. The minimum Gasteiger partial charge on any atom is -0.324 e. The van der Waals surface area contributed by atoms with E-state index in [1.807, 2.05) is 52.0 Å². The van der Waals surface area contributed by atoms with Crippen LogP contribution in [0.15, 0.2) is 71.6 Å². The van der Waals surface area contributed by atoms with Crippen LogP contribution in [0.25, 0.3) is 0 Å². The second-order valence-electron chi connectivity index (χ2n) is 7.67. The van der Waals surface area contributed by atoms with E-state index in [0.29, 0.717) is 11.4 Å². The maximum atomic E-state index is 13.4. The molecule has 31 heavy (non-hydrogen) atoms. The smallest absolute Gasteiger partial charge is 0.264 e. The first-order chi connectivity index (χ1) is 14.7. The number of aryl methyl sites for hydroxylation is 4. The van der Waals surface area contributed by atoms with Crippen molar-refractivity contribution in [2.75, 3.05) is 16.2 Å². The number of sulfonamides is 1. The van der Waals surface area contributed by atoms with Gasteiger partial charge in [-0.2, -0.15) is 0 Å². The number of hydrogen-bond donors (Lipinski definition) is 1. The molecule has 0 saturated heterocycles. The SMILES string of the molecule is CCc1ccc(N(CC(=O)Nc2c(C)cc(C)cc2C)S(=O)(=O)c2ccccc2)cc1. The summed E-state index contributed by atoms with van der Waals surface area (Å²) in [4.78, 5) is 13.1. The number of carbonyl (C=O) groups is 1. The number of benzene rings is 3. The Morgan fingerprint density at radius 2 is 1.48 bits per heavy atom. The predicted octanol–water partition coefficient (Wildman–Crippen LogP) is 5.01. The van der Waals surface area contributed by atoms with E-state index in [9.17, 15) is 13.2 Å². The summed E-state index contributed by atoms with van der Waals surface area (Å²) >= 11 is 0. The Balaban J connectivity index is 1.96. The zero-order valence-electron chi connectivity index (χ0n) is 18.3. The monoisotopic (exact) mass is 436 g/mol. The summed E-state index contributed by atoms with van der Waals surface area (Å²) in [7, 11) is -3.92. The lowest BCUT2D eigenvalue weighted by Crippen LogP contribution is -2.38. The van der Waals surface area contributed by atoms with Crippen molar-refractivity contribution in [3.63, 3.8) is 0 Å². The first-order valence-electron chi connectivity index (χ1n) is 10.3. The van der Waals surface area contributed by atoms with Gasteiger partial charge in [-0.25, -0.2) is 8.42 Å². The number of hydrogen-bond acceptors (Lipinski definition) is 3. The molecule has 3 aromatic carbocycles. The summed E-state index contributed by atoms with van der Waals surface area (Å²) in [6.45, 7) is 7.57. The molecule has 0 spiro atoms. The lowest BCUT2D eigenvalue weighted by molar-refractivity contribution is -0.114. The Morgan fingerprint density at radius 3 is 2.03 bits per heavy atom. The highest BCUT2D eigenvalue weighted by Gasteiger charge is 2.27. The molecule has 0 radical (unpaired) electrons. The molecular formula is C25H28N2O3S. The molecule has 5 nitrogen and oxygen atoms in total. The third-order valence-electron chi connectivity index (χ3n) is 5.19. The highest BCUT2D eigenvalue weighted by atomic mass is 32.2. The van der Waals surface area contributed by atoms with E-state index >= 15 is 0 Å². The Kier molecular flexibility index (Phi) is 6.81. The molecule has 3 aromatic rings. The van der Waals surface area contributed by atoms with Crippen LogP contribution in [0.5, 0.6) is 0 Å². The third-order valence-corrected chi connectivity index (χ3v) is 6.98. The quantitative estimate of drug-likeness (QED) is 0.566. The van der Waals surface area contributed by atoms with E-state index < -0.39 is 15.9 Å². The lowest BCUT2D eigenvalue weighted by atomic mass is 10.1. The molecule has 0 aliphatic rings. The van der Waals surface area contributed by atoms with E-state index in [4.69, 9.17) is 0 Å². The van der Waals surface area contributed by atoms with E-state index in [1.165, 1.54) is 12.1 Å². The van der Waals surface area contributed by atoms with Gasteiger partial charge in [0.2, 0.25) is 5.91 Å². The van der Waals surface area contributed by atoms with Gasteiger partial charge in [0.05, 0.1) is 10.6 Å². The summed E-state index contributed by atoms with van der Waals surface area (Å²) in [5, 5.41) is 2.91. The van der Waals surface area contributed by atoms with Crippen LogP contribution in [-0.4, -0.2) is 20.9 Å². The molecular weight excluding hydrogens is 408 g/mol. The first kappa shape index (κ1) is 22.6. The Morgan fingerprint density at radius 1 is 0.903 bits per heavy atom. The fourth-order valence-corrected chi connectivity index (χ4v) is 5.06. The van der Waals surface area contributed by atoms with Gasteiger partial charge in [0.15, 0.2) is 0 Å². The van der Waals surface area contributed by atoms with Crippen LogP contribution in [0, 0.1) is 20.8 Å². The van der Waals surface area contributed by atoms with Gasteiger partial charge < -0.3 is 5.32 Å². The molecule has 0 aromatic heterocycles. The van der Waals surface area contributed by atoms with Gasteiger partial charge in [0.25, 0.3) is 10.0 Å². The number of carbonyl (C=O) groups excluding carboxylic acids is 1. The second kappa shape index (κ2) is 9.35. The third kappa shape index (κ3) is 5.14. The zero-order valence-corrected chi connectivity index (χ0v) is 19.2. The standard InChI is InChI=1S/C25H28N2O3S/c1-5-21-11-13-22(14-12-21)27(31(29,30)23-9-7-6-8-10-23)17-24(28)26-25-19(3)15-18(2)16-20(25)4/h6-16H,5,17H2,1-4H3,(H,26,28). The summed E-state index contributed by atoms with van der Waals surface area (Å²) in [5.74, 6) is -0.394. The van der Waals surface area contributed by atoms with Gasteiger partial charge in [0.1, 0.15) is 6.54 Å². The van der Waals surface area contributed by atoms with Crippen LogP contribution in [0.2, 0.25) is 0 Å². The molecule has 0 atom stereocenters. The summed E-state index contributed by atoms with van der Waals surface area (Å²) < 4.78 is 28.0. The topological polar surface area (TPSA) is 66.5 Å². The van der Waals surface area contributed by atoms with Crippen molar-refractivity contribution >= 4 is 27.3 Å². The van der Waals surface area contributed by atoms with Gasteiger partial charge in [-0.1, -0.05) is 55.0 Å². The molecule has 0 fully saturated rings. The van der Waals surface area contributed by atoms with Crippen molar-refractivity contribution in [1.29, 1.82) is 0 Å². The highest BCUT2D eigenvalue weighted by Crippen LogP contribution is 2.26. The van der Waals surface area contributed by atoms with E-state index in [0.717, 1.165) is 33.0 Å². The van der Waals surface area contributed by atoms with Crippen LogP contribution < -0.4 is 9.62 Å². The van der Waals surface area contributed by atoms with Crippen LogP contribution in [0.4, 0.5) is 11.4 Å². The van der Waals surface area contributed by atoms with Crippen molar-refractivity contribution < 1.29 is 13.2 Å². The molecule has 0 unspecified atom stereocenters. The van der Waals surface area contributed by atoms with E-state index in [2.05, 4.69) is 5.32 Å². The van der Waals surface area contributed by atoms with Gasteiger partial charge in [-0.3, -0.25) is 9.10 Å². The largest absolute Gasteiger partial charge is 0.324 e. The number of anilines is 2. The number of nitrogens with one attached hydrogen (secondary N) is 1. The Labute approximate surface area is 184 Å². The van der Waals surface area contributed by atoms with Crippen molar-refractivity contribution in [2.45, 2.75) is 39.0 Å². The summed E-state index contributed by atoms with van der Waals surface area (Å²) in [6, 6.07) is 19.4. The Bertz CT molecular complexity index is 1150. The van der Waals surface area contributed by atoms with E-state index in [1.54, 1.807) is 30.3 Å². The van der Waals surface area contributed by atoms with Gasteiger partial charge in [-0.05, 0) is 68.1 Å². The molecule has 1 N–H and O–H groups in total. The minimum absolute atomic E-state index is 0.144. The molecule has 0 saturated carbocycles. The molecule has 1 amide bonds. The number of amides is 1. The summed E-state index contributed by atoms with van der Waals surface area (Å²) in [5.41, 5.74) is 5.25. The number of rotatable bonds is 7. The maximum Gasteiger partial charge on any atom is 0.264 e. The average molecular weight is 437 g/mol. The van der Waals surface area contributed by atoms with Crippen LogP contribution in [-0.2, 0) is 21.2 Å². The van der Waals surface area contributed by atoms with Crippen molar-refractivity contribution in [3.05, 3.63) is 89.0 Å². The van der Waals surface area contributed by atoms with Crippen molar-refractivity contribution in [3.8, 4) is 0 Å². The average Bonchev–Trinajstić information content (AvgIpc) is 2.75. The van der Waals surface area contributed by atoms with Crippen molar-refractivity contribution in [2.24, 2.45) is 0 Å². The normalized spacial score (nSPS) is 11.2. The Hall–Kier alpha value is -3.12. The number of nitrogens with zero attached hydrogens (tertiary/aromatic N) is 1. The highest BCUT2D eigenvalue weighted by molar-refractivity contribution is 7.92. The summed E-state index contributed by atoms with van der Waals surface area (Å²) in [6.07, 6.45) is 0.845. The second-order valence-corrected chi connectivity index (χ2v) is 9.53. The predicted molar refractivity (Wildman–Crippen MR) is 126 cm³/mol. The fraction of sp³-hybridized carbons (Fsp3) is 0.240. The molecule has 0 aliphatic heterocycles. The zero-order chi connectivity index (χ0) is 22.6. The van der Waals surface area contributed by atoms with Crippen LogP contribution in [0.3, 0.4) is 0 Å². The maximum absolute atomic E-state index is 13.4. The van der Waals surface area contributed by atoms with Gasteiger partial charge >= 0.3 is 0 Å². The molecule has 162 valence electrons. The molecule has 0 aliphatic carbocycles. The molecule has 6 heteroatoms. The fourth-order valence-electron chi connectivity index (χ4n) is 3.62. The lowest BCUT2D eigenvalue weighted by Gasteiger charge is -2.25. The van der Waals surface area contributed by atoms with E-state index in [-0.39, 0.29) is 11.4 Å². The first-order valence-corrected chi connectivity index (χ1v) is 11.7. The molecule has 0 heterocycles.